The molecule has 0 aliphatic heterocycles. The smallest absolute Gasteiger partial charge is 0.245 e. The quantitative estimate of drug-likeness (QED) is 0.515. The molecule has 0 N–H and O–H groups in total. The molecule has 0 unspecified atom stereocenters. The van der Waals surface area contributed by atoms with E-state index in [9.17, 15) is 8.42 Å². The van der Waals surface area contributed by atoms with E-state index in [0.29, 0.717) is 0 Å². The Morgan fingerprint density at radius 2 is 1.78 bits per heavy atom. The molecule has 0 amide bonds. The summed E-state index contributed by atoms with van der Waals surface area (Å²) < 4.78 is 31.7. The van der Waals surface area contributed by atoms with Gasteiger partial charge in [-0.1, -0.05) is 65.9 Å². The van der Waals surface area contributed by atoms with Crippen LogP contribution in [0.4, 0.5) is 0 Å². The van der Waals surface area contributed by atoms with Crippen molar-refractivity contribution in [1.29, 1.82) is 0 Å². The predicted molar refractivity (Wildman–Crippen MR) is 109 cm³/mol. The van der Waals surface area contributed by atoms with Crippen molar-refractivity contribution in [2.45, 2.75) is 24.7 Å². The number of sulfonamides is 1. The number of allylic oxidation sites excluding steroid dienone is 2. The first kappa shape index (κ1) is 20.9. The van der Waals surface area contributed by atoms with Gasteiger partial charge in [0.1, 0.15) is 6.73 Å². The number of ether oxygens (including phenoxy) is 1. The van der Waals surface area contributed by atoms with E-state index >= 15 is 0 Å². The van der Waals surface area contributed by atoms with Crippen LogP contribution < -0.4 is 0 Å². The van der Waals surface area contributed by atoms with Crippen molar-refractivity contribution in [2.75, 3.05) is 20.4 Å². The molecular formula is C22H25NO3S. The van der Waals surface area contributed by atoms with E-state index in [4.69, 9.17) is 4.74 Å². The SMILES string of the molecule is COCN(CC#C/C=C/CCc1ccccc1)S(=O)(=O)c1ccc(C)cc1. The largest absolute Gasteiger partial charge is 0.368 e. The molecule has 142 valence electrons. The first-order valence-electron chi connectivity index (χ1n) is 8.77. The summed E-state index contributed by atoms with van der Waals surface area (Å²) in [6, 6.07) is 17.0. The van der Waals surface area contributed by atoms with Crippen LogP contribution in [0.3, 0.4) is 0 Å². The maximum absolute atomic E-state index is 12.7. The number of hydrogen-bond donors (Lipinski definition) is 0. The number of benzene rings is 2. The number of rotatable bonds is 8. The summed E-state index contributed by atoms with van der Waals surface area (Å²) in [4.78, 5) is 0.241. The zero-order valence-electron chi connectivity index (χ0n) is 15.8. The van der Waals surface area contributed by atoms with Crippen molar-refractivity contribution in [3.05, 3.63) is 77.9 Å². The molecule has 0 saturated carbocycles. The van der Waals surface area contributed by atoms with Gasteiger partial charge in [0, 0.05) is 7.11 Å². The third kappa shape index (κ3) is 6.69. The van der Waals surface area contributed by atoms with Crippen molar-refractivity contribution in [3.63, 3.8) is 0 Å². The fraction of sp³-hybridized carbons (Fsp3) is 0.273. The van der Waals surface area contributed by atoms with E-state index < -0.39 is 10.0 Å². The van der Waals surface area contributed by atoms with Crippen molar-refractivity contribution in [2.24, 2.45) is 0 Å². The van der Waals surface area contributed by atoms with Crippen molar-refractivity contribution in [1.82, 2.24) is 4.31 Å². The maximum atomic E-state index is 12.7. The van der Waals surface area contributed by atoms with Gasteiger partial charge >= 0.3 is 0 Å². The highest BCUT2D eigenvalue weighted by molar-refractivity contribution is 7.89. The Morgan fingerprint density at radius 3 is 2.44 bits per heavy atom. The summed E-state index contributed by atoms with van der Waals surface area (Å²) in [7, 11) is -2.16. The van der Waals surface area contributed by atoms with Gasteiger partial charge in [-0.05, 0) is 43.5 Å². The summed E-state index contributed by atoms with van der Waals surface area (Å²) in [5.41, 5.74) is 2.29. The molecule has 27 heavy (non-hydrogen) atoms. The second-order valence-corrected chi connectivity index (χ2v) is 8.03. The molecule has 5 heteroatoms. The number of methoxy groups -OCH3 is 1. The highest BCUT2D eigenvalue weighted by atomic mass is 32.2. The zero-order valence-corrected chi connectivity index (χ0v) is 16.6. The van der Waals surface area contributed by atoms with E-state index in [2.05, 4.69) is 24.0 Å². The molecule has 0 heterocycles. The summed E-state index contributed by atoms with van der Waals surface area (Å²) in [5.74, 6) is 5.79. The molecule has 0 aliphatic carbocycles. The van der Waals surface area contributed by atoms with Crippen LogP contribution in [0.2, 0.25) is 0 Å². The van der Waals surface area contributed by atoms with E-state index in [1.165, 1.54) is 17.0 Å². The van der Waals surface area contributed by atoms with Gasteiger partial charge in [0.05, 0.1) is 11.4 Å². The Hall–Kier alpha value is -2.39. The van der Waals surface area contributed by atoms with Gasteiger partial charge in [-0.15, -0.1) is 0 Å². The van der Waals surface area contributed by atoms with Crippen LogP contribution in [0, 0.1) is 18.8 Å². The molecular weight excluding hydrogens is 358 g/mol. The summed E-state index contributed by atoms with van der Waals surface area (Å²) in [6.45, 7) is 1.95. The van der Waals surface area contributed by atoms with E-state index in [1.807, 2.05) is 31.2 Å². The van der Waals surface area contributed by atoms with Crippen LogP contribution in [0.25, 0.3) is 0 Å². The lowest BCUT2D eigenvalue weighted by atomic mass is 10.1. The lowest BCUT2D eigenvalue weighted by Crippen LogP contribution is -2.33. The average molecular weight is 384 g/mol. The summed E-state index contributed by atoms with van der Waals surface area (Å²) in [5, 5.41) is 0. The van der Waals surface area contributed by atoms with Gasteiger partial charge in [-0.25, -0.2) is 8.42 Å². The van der Waals surface area contributed by atoms with Crippen LogP contribution in [0.15, 0.2) is 71.6 Å². The van der Waals surface area contributed by atoms with Crippen LogP contribution in [-0.4, -0.2) is 33.1 Å². The Kier molecular flexibility index (Phi) is 8.28. The van der Waals surface area contributed by atoms with Crippen LogP contribution in [0.1, 0.15) is 17.5 Å². The topological polar surface area (TPSA) is 46.6 Å². The normalized spacial score (nSPS) is 11.5. The Balaban J connectivity index is 1.93. The predicted octanol–water partition coefficient (Wildman–Crippen LogP) is 3.78. The Bertz CT molecular complexity index is 892. The zero-order chi connectivity index (χ0) is 19.5. The lowest BCUT2D eigenvalue weighted by molar-refractivity contribution is 0.124. The molecule has 2 rings (SSSR count). The fourth-order valence-electron chi connectivity index (χ4n) is 2.43. The Labute approximate surface area is 162 Å². The van der Waals surface area contributed by atoms with Gasteiger partial charge in [-0.3, -0.25) is 0 Å². The highest BCUT2D eigenvalue weighted by Crippen LogP contribution is 2.16. The molecule has 0 spiro atoms. The van der Waals surface area contributed by atoms with Crippen molar-refractivity contribution in [3.8, 4) is 11.8 Å². The number of hydrogen-bond acceptors (Lipinski definition) is 3. The third-order valence-electron chi connectivity index (χ3n) is 3.93. The number of nitrogens with zero attached hydrogens (tertiary/aromatic N) is 1. The Morgan fingerprint density at radius 1 is 1.07 bits per heavy atom. The number of aryl methyl sites for hydroxylation is 2. The molecule has 0 bridgehead atoms. The molecule has 0 saturated heterocycles. The summed E-state index contributed by atoms with van der Waals surface area (Å²) in [6.07, 6.45) is 5.61. The van der Waals surface area contributed by atoms with Gasteiger partial charge in [0.2, 0.25) is 10.0 Å². The van der Waals surface area contributed by atoms with Gasteiger partial charge < -0.3 is 4.74 Å². The maximum Gasteiger partial charge on any atom is 0.245 e. The fourth-order valence-corrected chi connectivity index (χ4v) is 3.69. The second kappa shape index (κ2) is 10.7. The minimum absolute atomic E-state index is 0.0391. The van der Waals surface area contributed by atoms with E-state index in [1.54, 1.807) is 30.3 Å². The molecule has 0 radical (unpaired) electrons. The molecule has 2 aromatic carbocycles. The first-order valence-corrected chi connectivity index (χ1v) is 10.2. The van der Waals surface area contributed by atoms with E-state index in [-0.39, 0.29) is 18.2 Å². The van der Waals surface area contributed by atoms with Crippen LogP contribution >= 0.6 is 0 Å². The molecule has 0 aromatic heterocycles. The van der Waals surface area contributed by atoms with Crippen LogP contribution in [0.5, 0.6) is 0 Å². The molecule has 4 nitrogen and oxygen atoms in total. The monoisotopic (exact) mass is 383 g/mol. The summed E-state index contributed by atoms with van der Waals surface area (Å²) >= 11 is 0. The molecule has 0 aliphatic rings. The van der Waals surface area contributed by atoms with Gasteiger partial charge in [0.15, 0.2) is 0 Å². The molecule has 0 atom stereocenters. The van der Waals surface area contributed by atoms with Gasteiger partial charge in [0.25, 0.3) is 0 Å². The molecule has 0 fully saturated rings. The minimum Gasteiger partial charge on any atom is -0.368 e. The third-order valence-corrected chi connectivity index (χ3v) is 5.72. The van der Waals surface area contributed by atoms with Crippen molar-refractivity contribution < 1.29 is 13.2 Å². The highest BCUT2D eigenvalue weighted by Gasteiger charge is 2.23. The van der Waals surface area contributed by atoms with E-state index in [0.717, 1.165) is 18.4 Å². The standard InChI is InChI=1S/C22H25NO3S/c1-20-14-16-22(17-15-20)27(24,25)23(19-26-2)18-10-5-3-4-7-11-21-12-8-6-9-13-21/h3-4,6,8-9,12-17H,7,11,18-19H2,1-2H3/b4-3+. The van der Waals surface area contributed by atoms with Gasteiger partial charge in [-0.2, -0.15) is 4.31 Å². The second-order valence-electron chi connectivity index (χ2n) is 6.09. The van der Waals surface area contributed by atoms with Crippen molar-refractivity contribution >= 4 is 10.0 Å². The first-order chi connectivity index (χ1) is 13.0. The minimum atomic E-state index is -3.63. The van der Waals surface area contributed by atoms with Crippen LogP contribution in [-0.2, 0) is 21.2 Å². The molecule has 2 aromatic rings. The lowest BCUT2D eigenvalue weighted by Gasteiger charge is -2.18. The average Bonchev–Trinajstić information content (AvgIpc) is 2.67.